The van der Waals surface area contributed by atoms with Crippen LogP contribution in [0.5, 0.6) is 0 Å². The number of hydrogen-bond donors (Lipinski definition) is 2. The van der Waals surface area contributed by atoms with Crippen LogP contribution in [-0.2, 0) is 32.2 Å². The molecule has 17 heteroatoms. The van der Waals surface area contributed by atoms with E-state index < -0.39 is 24.3 Å². The lowest BCUT2D eigenvalue weighted by molar-refractivity contribution is -0.193. The van der Waals surface area contributed by atoms with Gasteiger partial charge in [0.25, 0.3) is 0 Å². The van der Waals surface area contributed by atoms with E-state index in [4.69, 9.17) is 24.5 Å². The molecule has 10 nitrogen and oxygen atoms in total. The minimum atomic E-state index is -5.08. The molecule has 2 aliphatic heterocycles. The van der Waals surface area contributed by atoms with Crippen LogP contribution < -0.4 is 0 Å². The number of fused-ring (bicyclic) bond motifs is 1. The van der Waals surface area contributed by atoms with Crippen LogP contribution in [0.1, 0.15) is 10.6 Å². The Bertz CT molecular complexity index is 1010. The summed E-state index contributed by atoms with van der Waals surface area (Å²) in [4.78, 5) is 42.8. The molecule has 4 rings (SSSR count). The van der Waals surface area contributed by atoms with Crippen molar-refractivity contribution in [1.82, 2.24) is 19.8 Å². The number of alkyl halides is 6. The summed E-state index contributed by atoms with van der Waals surface area (Å²) in [6, 6.07) is 4.03. The monoisotopic (exact) mass is 558 g/mol. The van der Waals surface area contributed by atoms with Gasteiger partial charge >= 0.3 is 24.3 Å². The molecule has 0 bridgehead atoms. The summed E-state index contributed by atoms with van der Waals surface area (Å²) in [5, 5.41) is 17.4. The first-order valence-corrected chi connectivity index (χ1v) is 11.1. The molecule has 2 N–H and O–H groups in total. The minimum absolute atomic E-state index is 0.0687. The molecule has 37 heavy (non-hydrogen) atoms. The number of aromatic nitrogens is 2. The second-order valence-electron chi connectivity index (χ2n) is 7.52. The zero-order valence-corrected chi connectivity index (χ0v) is 19.5. The quantitative estimate of drug-likeness (QED) is 0.543. The van der Waals surface area contributed by atoms with Crippen LogP contribution in [0.3, 0.4) is 0 Å². The first kappa shape index (κ1) is 29.9. The van der Waals surface area contributed by atoms with Crippen molar-refractivity contribution in [2.24, 2.45) is 0 Å². The molecule has 2 atom stereocenters. The molecule has 2 aromatic heterocycles. The zero-order valence-electron chi connectivity index (χ0n) is 18.6. The fraction of sp³-hybridized carbons (Fsp3) is 0.450. The van der Waals surface area contributed by atoms with Gasteiger partial charge in [-0.25, -0.2) is 14.6 Å². The normalized spacial score (nSPS) is 19.7. The Morgan fingerprint density at radius 1 is 1.00 bits per heavy atom. The Hall–Kier alpha value is -3.31. The van der Waals surface area contributed by atoms with Gasteiger partial charge in [0.15, 0.2) is 0 Å². The molecule has 2 aromatic rings. The van der Waals surface area contributed by atoms with E-state index in [2.05, 4.69) is 14.9 Å². The Morgan fingerprint density at radius 2 is 1.57 bits per heavy atom. The molecule has 4 heterocycles. The molecule has 1 amide bonds. The van der Waals surface area contributed by atoms with E-state index in [-0.39, 0.29) is 24.7 Å². The van der Waals surface area contributed by atoms with Gasteiger partial charge in [0.2, 0.25) is 5.91 Å². The van der Waals surface area contributed by atoms with Crippen LogP contribution >= 0.6 is 11.3 Å². The van der Waals surface area contributed by atoms with Crippen molar-refractivity contribution in [2.75, 3.05) is 19.7 Å². The number of nitrogens with zero attached hydrogens (tertiary/aromatic N) is 4. The third-order valence-corrected chi connectivity index (χ3v) is 5.65. The van der Waals surface area contributed by atoms with Crippen molar-refractivity contribution in [3.05, 3.63) is 46.7 Å². The zero-order chi connectivity index (χ0) is 27.8. The maximum absolute atomic E-state index is 12.3. The van der Waals surface area contributed by atoms with Crippen LogP contribution in [0.4, 0.5) is 26.3 Å². The summed E-state index contributed by atoms with van der Waals surface area (Å²) in [7, 11) is 0. The smallest absolute Gasteiger partial charge is 0.475 e. The van der Waals surface area contributed by atoms with Crippen LogP contribution in [0, 0.1) is 0 Å². The Labute approximate surface area is 209 Å². The maximum atomic E-state index is 12.3. The van der Waals surface area contributed by atoms with Gasteiger partial charge in [-0.15, -0.1) is 11.3 Å². The third-order valence-electron chi connectivity index (χ3n) is 4.88. The largest absolute Gasteiger partial charge is 0.490 e. The summed E-state index contributed by atoms with van der Waals surface area (Å²) in [6.45, 7) is 3.31. The van der Waals surface area contributed by atoms with Crippen molar-refractivity contribution in [1.29, 1.82) is 0 Å². The van der Waals surface area contributed by atoms with Gasteiger partial charge in [-0.2, -0.15) is 26.3 Å². The third kappa shape index (κ3) is 9.58. The number of amides is 1. The molecule has 0 radical (unpaired) electrons. The molecule has 0 aromatic carbocycles. The predicted molar refractivity (Wildman–Crippen MR) is 113 cm³/mol. The van der Waals surface area contributed by atoms with Gasteiger partial charge in [-0.3, -0.25) is 14.7 Å². The fourth-order valence-electron chi connectivity index (χ4n) is 3.28. The number of carboxylic acids is 2. The van der Waals surface area contributed by atoms with E-state index in [9.17, 15) is 31.1 Å². The number of morpholine rings is 1. The van der Waals surface area contributed by atoms with Crippen molar-refractivity contribution in [3.8, 4) is 0 Å². The van der Waals surface area contributed by atoms with Crippen molar-refractivity contribution >= 4 is 29.2 Å². The Kier molecular flexibility index (Phi) is 10.3. The highest BCUT2D eigenvalue weighted by Crippen LogP contribution is 2.26. The average Bonchev–Trinajstić information content (AvgIpc) is 3.46. The van der Waals surface area contributed by atoms with E-state index in [1.165, 1.54) is 0 Å². The number of carbonyl (C=O) groups excluding carboxylic acids is 1. The van der Waals surface area contributed by atoms with Crippen LogP contribution in [0.2, 0.25) is 0 Å². The van der Waals surface area contributed by atoms with Crippen LogP contribution in [0.15, 0.2) is 36.1 Å². The predicted octanol–water partition coefficient (Wildman–Crippen LogP) is 2.42. The van der Waals surface area contributed by atoms with Crippen molar-refractivity contribution < 1.29 is 55.7 Å². The SMILES string of the molecule is O=C(O)C(F)(F)F.O=C(O)C(F)(F)F.O=C1CO[C@@H]2CN(Cc3nccs3)C[C@H]2N1Cc1ccncc1. The second-order valence-corrected chi connectivity index (χ2v) is 8.50. The summed E-state index contributed by atoms with van der Waals surface area (Å²) < 4.78 is 69.2. The molecule has 0 unspecified atom stereocenters. The first-order chi connectivity index (χ1) is 17.2. The minimum Gasteiger partial charge on any atom is -0.475 e. The summed E-state index contributed by atoms with van der Waals surface area (Å²) in [6.07, 6.45) is -4.71. The molecular weight excluding hydrogens is 538 g/mol. The lowest BCUT2D eigenvalue weighted by Crippen LogP contribution is -2.53. The number of halogens is 6. The number of carbonyl (C=O) groups is 3. The van der Waals surface area contributed by atoms with Gasteiger partial charge in [-0.1, -0.05) is 0 Å². The van der Waals surface area contributed by atoms with Gasteiger partial charge < -0.3 is 19.8 Å². The highest BCUT2D eigenvalue weighted by atomic mass is 32.1. The molecule has 0 aliphatic carbocycles. The van der Waals surface area contributed by atoms with Gasteiger partial charge in [0.1, 0.15) is 11.6 Å². The Balaban J connectivity index is 0.000000286. The molecule has 0 spiro atoms. The number of rotatable bonds is 4. The number of carboxylic acid groups (broad SMARTS) is 2. The number of likely N-dealkylation sites (tertiary alicyclic amines) is 1. The molecule has 2 fully saturated rings. The number of thiazole rings is 1. The number of aliphatic carboxylic acids is 2. The van der Waals surface area contributed by atoms with Crippen molar-refractivity contribution in [2.45, 2.75) is 37.6 Å². The summed E-state index contributed by atoms with van der Waals surface area (Å²) >= 11 is 1.67. The molecular formula is C20H20F6N4O6S. The lowest BCUT2D eigenvalue weighted by Gasteiger charge is -2.36. The van der Waals surface area contributed by atoms with Gasteiger partial charge in [0.05, 0.1) is 18.7 Å². The highest BCUT2D eigenvalue weighted by Gasteiger charge is 2.43. The number of pyridine rings is 1. The summed E-state index contributed by atoms with van der Waals surface area (Å²) in [5.74, 6) is -5.45. The molecule has 0 saturated carbocycles. The van der Waals surface area contributed by atoms with E-state index in [0.717, 1.165) is 30.2 Å². The number of ether oxygens (including phenoxy) is 1. The van der Waals surface area contributed by atoms with Gasteiger partial charge in [-0.05, 0) is 17.7 Å². The molecule has 2 saturated heterocycles. The highest BCUT2D eigenvalue weighted by molar-refractivity contribution is 7.09. The molecule has 2 aliphatic rings. The second kappa shape index (κ2) is 12.8. The van der Waals surface area contributed by atoms with Crippen LogP contribution in [0.25, 0.3) is 0 Å². The fourth-order valence-corrected chi connectivity index (χ4v) is 3.94. The van der Waals surface area contributed by atoms with E-state index in [0.29, 0.717) is 6.54 Å². The average molecular weight is 558 g/mol. The van der Waals surface area contributed by atoms with Crippen LogP contribution in [-0.4, -0.2) is 92.0 Å². The van der Waals surface area contributed by atoms with E-state index >= 15 is 0 Å². The topological polar surface area (TPSA) is 133 Å². The first-order valence-electron chi connectivity index (χ1n) is 10.2. The standard InChI is InChI=1S/C16H18N4O2S.2C2HF3O2/c21-16-11-22-14-9-19(10-15-18-5-6-23-15)8-13(14)20(16)7-12-1-3-17-4-2-12;2*3-2(4,5)1(6)7/h1-6,13-14H,7-11H2;2*(H,6,7)/t13-,14-;;/m1../s1. The van der Waals surface area contributed by atoms with E-state index in [1.807, 2.05) is 28.6 Å². The number of hydrogen-bond acceptors (Lipinski definition) is 8. The molecule has 204 valence electrons. The van der Waals surface area contributed by atoms with Crippen molar-refractivity contribution in [3.63, 3.8) is 0 Å². The maximum Gasteiger partial charge on any atom is 0.490 e. The van der Waals surface area contributed by atoms with Gasteiger partial charge in [0, 0.05) is 43.6 Å². The lowest BCUT2D eigenvalue weighted by atomic mass is 10.1. The summed E-state index contributed by atoms with van der Waals surface area (Å²) in [5.41, 5.74) is 1.10. The Morgan fingerprint density at radius 3 is 2.05 bits per heavy atom. The van der Waals surface area contributed by atoms with E-state index in [1.54, 1.807) is 23.7 Å².